The summed E-state index contributed by atoms with van der Waals surface area (Å²) in [5, 5.41) is 8.39. The van der Waals surface area contributed by atoms with Gasteiger partial charge in [0.2, 0.25) is 0 Å². The summed E-state index contributed by atoms with van der Waals surface area (Å²) in [5.41, 5.74) is 0. The molecule has 0 aromatic carbocycles. The van der Waals surface area contributed by atoms with Gasteiger partial charge in [0.25, 0.3) is 0 Å². The van der Waals surface area contributed by atoms with Gasteiger partial charge in [-0.3, -0.25) is 0 Å². The van der Waals surface area contributed by atoms with Crippen molar-refractivity contribution >= 4 is 0 Å². The molecule has 56 valence electrons. The molecule has 0 spiro atoms. The Morgan fingerprint density at radius 1 is 1.60 bits per heavy atom. The van der Waals surface area contributed by atoms with Crippen LogP contribution in [0.2, 0.25) is 0 Å². The highest BCUT2D eigenvalue weighted by atomic mass is 15.1. The molecule has 1 aliphatic rings. The van der Waals surface area contributed by atoms with Crippen molar-refractivity contribution in [2.45, 2.75) is 25.7 Å². The van der Waals surface area contributed by atoms with Crippen LogP contribution >= 0.6 is 0 Å². The first kappa shape index (κ1) is 7.40. The predicted molar refractivity (Wildman–Crippen MR) is 40.2 cm³/mol. The third-order valence-corrected chi connectivity index (χ3v) is 1.97. The quantitative estimate of drug-likeness (QED) is 0.435. The Bertz CT molecular complexity index is 133. The van der Waals surface area contributed by atoms with E-state index in [0.29, 0.717) is 0 Å². The topological polar surface area (TPSA) is 27.0 Å². The fourth-order valence-electron chi connectivity index (χ4n) is 1.07. The molecule has 0 amide bonds. The van der Waals surface area contributed by atoms with E-state index in [1.54, 1.807) is 4.90 Å². The van der Waals surface area contributed by atoms with Crippen molar-refractivity contribution in [1.29, 1.82) is 5.26 Å². The second kappa shape index (κ2) is 3.46. The molecule has 0 saturated heterocycles. The monoisotopic (exact) mass is 138 g/mol. The second-order valence-electron chi connectivity index (χ2n) is 3.11. The predicted octanol–water partition coefficient (Wildman–Crippen LogP) is 1.59. The molecule has 0 aromatic heterocycles. The smallest absolute Gasteiger partial charge is 0.179 e. The van der Waals surface area contributed by atoms with Gasteiger partial charge in [0, 0.05) is 13.6 Å². The van der Waals surface area contributed by atoms with E-state index in [-0.39, 0.29) is 0 Å². The largest absolute Gasteiger partial charge is 0.314 e. The summed E-state index contributed by atoms with van der Waals surface area (Å²) in [6, 6.07) is 0. The molecule has 0 aromatic rings. The van der Waals surface area contributed by atoms with Crippen molar-refractivity contribution in [2.75, 3.05) is 13.6 Å². The maximum atomic E-state index is 8.39. The Labute approximate surface area is 62.4 Å². The van der Waals surface area contributed by atoms with Gasteiger partial charge in [0.15, 0.2) is 6.19 Å². The lowest BCUT2D eigenvalue weighted by atomic mass is 10.2. The number of hydrogen-bond acceptors (Lipinski definition) is 2. The van der Waals surface area contributed by atoms with Crippen LogP contribution in [0.3, 0.4) is 0 Å². The SMILES string of the molecule is CN(C#N)CCCC1CC1. The van der Waals surface area contributed by atoms with Crippen LogP contribution in [-0.4, -0.2) is 18.5 Å². The highest BCUT2D eigenvalue weighted by Gasteiger charge is 2.20. The van der Waals surface area contributed by atoms with Gasteiger partial charge < -0.3 is 4.90 Å². The minimum Gasteiger partial charge on any atom is -0.314 e. The van der Waals surface area contributed by atoms with Crippen LogP contribution < -0.4 is 0 Å². The van der Waals surface area contributed by atoms with Crippen molar-refractivity contribution in [3.63, 3.8) is 0 Å². The number of hydrogen-bond donors (Lipinski definition) is 0. The molecule has 0 heterocycles. The molecule has 1 rings (SSSR count). The highest BCUT2D eigenvalue weighted by Crippen LogP contribution is 2.33. The molecule has 1 fully saturated rings. The van der Waals surface area contributed by atoms with Crippen LogP contribution in [0.1, 0.15) is 25.7 Å². The first-order valence-corrected chi connectivity index (χ1v) is 3.94. The molecule has 0 aliphatic heterocycles. The summed E-state index contributed by atoms with van der Waals surface area (Å²) in [7, 11) is 1.84. The lowest BCUT2D eigenvalue weighted by Gasteiger charge is -2.06. The molecular weight excluding hydrogens is 124 g/mol. The van der Waals surface area contributed by atoms with Crippen LogP contribution in [-0.2, 0) is 0 Å². The van der Waals surface area contributed by atoms with E-state index in [4.69, 9.17) is 5.26 Å². The minimum atomic E-state index is 0.938. The zero-order chi connectivity index (χ0) is 7.40. The van der Waals surface area contributed by atoms with Crippen molar-refractivity contribution in [3.8, 4) is 6.19 Å². The minimum absolute atomic E-state index is 0.938. The van der Waals surface area contributed by atoms with Gasteiger partial charge in [0.1, 0.15) is 0 Å². The summed E-state index contributed by atoms with van der Waals surface area (Å²) in [6.45, 7) is 0.938. The Morgan fingerprint density at radius 2 is 2.30 bits per heavy atom. The molecule has 2 nitrogen and oxygen atoms in total. The van der Waals surface area contributed by atoms with Gasteiger partial charge in [-0.15, -0.1) is 0 Å². The average molecular weight is 138 g/mol. The van der Waals surface area contributed by atoms with E-state index in [2.05, 4.69) is 6.19 Å². The van der Waals surface area contributed by atoms with Crippen LogP contribution in [0.5, 0.6) is 0 Å². The first-order chi connectivity index (χ1) is 4.83. The lowest BCUT2D eigenvalue weighted by molar-refractivity contribution is 0.444. The molecule has 0 N–H and O–H groups in total. The second-order valence-corrected chi connectivity index (χ2v) is 3.11. The normalized spacial score (nSPS) is 16.4. The van der Waals surface area contributed by atoms with E-state index in [1.165, 1.54) is 25.7 Å². The van der Waals surface area contributed by atoms with Crippen molar-refractivity contribution in [1.82, 2.24) is 4.90 Å². The van der Waals surface area contributed by atoms with E-state index >= 15 is 0 Å². The number of rotatable bonds is 4. The van der Waals surface area contributed by atoms with Crippen LogP contribution in [0.4, 0.5) is 0 Å². The van der Waals surface area contributed by atoms with E-state index in [1.807, 2.05) is 7.05 Å². The summed E-state index contributed by atoms with van der Waals surface area (Å²) in [6.07, 6.45) is 7.46. The third-order valence-electron chi connectivity index (χ3n) is 1.97. The van der Waals surface area contributed by atoms with Crippen LogP contribution in [0.15, 0.2) is 0 Å². The molecule has 2 heteroatoms. The van der Waals surface area contributed by atoms with Gasteiger partial charge in [-0.1, -0.05) is 12.8 Å². The fourth-order valence-corrected chi connectivity index (χ4v) is 1.07. The third kappa shape index (κ3) is 2.72. The van der Waals surface area contributed by atoms with Gasteiger partial charge in [-0.2, -0.15) is 5.26 Å². The molecule has 0 unspecified atom stereocenters. The Hall–Kier alpha value is -0.710. The van der Waals surface area contributed by atoms with Crippen molar-refractivity contribution < 1.29 is 0 Å². The lowest BCUT2D eigenvalue weighted by Crippen LogP contribution is -2.12. The van der Waals surface area contributed by atoms with Gasteiger partial charge >= 0.3 is 0 Å². The zero-order valence-corrected chi connectivity index (χ0v) is 6.51. The maximum absolute atomic E-state index is 8.39. The molecule has 0 bridgehead atoms. The molecule has 1 aliphatic carbocycles. The van der Waals surface area contributed by atoms with E-state index < -0.39 is 0 Å². The average Bonchev–Trinajstić information content (AvgIpc) is 2.71. The first-order valence-electron chi connectivity index (χ1n) is 3.94. The molecule has 10 heavy (non-hydrogen) atoms. The Balaban J connectivity index is 1.89. The van der Waals surface area contributed by atoms with Gasteiger partial charge in [-0.25, -0.2) is 0 Å². The number of nitriles is 1. The van der Waals surface area contributed by atoms with Crippen LogP contribution in [0, 0.1) is 17.4 Å². The zero-order valence-electron chi connectivity index (χ0n) is 6.51. The molecular formula is C8H14N2. The van der Waals surface area contributed by atoms with E-state index in [0.717, 1.165) is 12.5 Å². The van der Waals surface area contributed by atoms with Gasteiger partial charge in [-0.05, 0) is 18.8 Å². The Kier molecular flexibility index (Phi) is 2.56. The summed E-state index contributed by atoms with van der Waals surface area (Å²) < 4.78 is 0. The van der Waals surface area contributed by atoms with Gasteiger partial charge in [0.05, 0.1) is 0 Å². The fraction of sp³-hybridized carbons (Fsp3) is 0.875. The Morgan fingerprint density at radius 3 is 2.80 bits per heavy atom. The van der Waals surface area contributed by atoms with E-state index in [9.17, 15) is 0 Å². The molecule has 1 saturated carbocycles. The maximum Gasteiger partial charge on any atom is 0.179 e. The number of nitrogens with zero attached hydrogens (tertiary/aromatic N) is 2. The highest BCUT2D eigenvalue weighted by molar-refractivity contribution is 4.75. The molecule has 0 atom stereocenters. The summed E-state index contributed by atoms with van der Waals surface area (Å²) in [4.78, 5) is 1.70. The van der Waals surface area contributed by atoms with Crippen LogP contribution in [0.25, 0.3) is 0 Å². The summed E-state index contributed by atoms with van der Waals surface area (Å²) >= 11 is 0. The van der Waals surface area contributed by atoms with Crippen molar-refractivity contribution in [3.05, 3.63) is 0 Å². The standard InChI is InChI=1S/C8H14N2/c1-10(7-9)6-2-3-8-4-5-8/h8H,2-6H2,1H3. The van der Waals surface area contributed by atoms with Crippen molar-refractivity contribution in [2.24, 2.45) is 5.92 Å². The summed E-state index contributed by atoms with van der Waals surface area (Å²) in [5.74, 6) is 1.01. The molecule has 0 radical (unpaired) electrons.